The van der Waals surface area contributed by atoms with E-state index in [1.165, 1.54) is 45.5 Å². The van der Waals surface area contributed by atoms with Gasteiger partial charge in [-0.05, 0) is 98.6 Å². The molecule has 1 aromatic heterocycles. The minimum atomic E-state index is -0.591. The van der Waals surface area contributed by atoms with Crippen LogP contribution in [0.25, 0.3) is 55.8 Å². The molecule has 8 aromatic carbocycles. The number of nitrogens with zero attached hydrogens (tertiary/aromatic N) is 1. The molecule has 0 fully saturated rings. The van der Waals surface area contributed by atoms with Gasteiger partial charge < -0.3 is 9.32 Å². The highest BCUT2D eigenvalue weighted by atomic mass is 19.1. The van der Waals surface area contributed by atoms with E-state index in [2.05, 4.69) is 175 Å². The van der Waals surface area contributed by atoms with E-state index < -0.39 is 5.41 Å². The number of hydrogen-bond donors (Lipinski definition) is 0. The van der Waals surface area contributed by atoms with Crippen molar-refractivity contribution in [1.29, 1.82) is 0 Å². The van der Waals surface area contributed by atoms with Gasteiger partial charge in [0.15, 0.2) is 0 Å². The summed E-state index contributed by atoms with van der Waals surface area (Å²) in [7, 11) is 0. The molecule has 0 saturated carbocycles. The molecule has 0 unspecified atom stereocenters. The van der Waals surface area contributed by atoms with E-state index in [0.29, 0.717) is 0 Å². The van der Waals surface area contributed by atoms with Crippen LogP contribution in [0, 0.1) is 5.82 Å². The lowest BCUT2D eigenvalue weighted by Gasteiger charge is -2.28. The van der Waals surface area contributed by atoms with Crippen molar-refractivity contribution in [1.82, 2.24) is 0 Å². The van der Waals surface area contributed by atoms with Crippen LogP contribution in [0.1, 0.15) is 22.5 Å². The second-order valence-corrected chi connectivity index (χ2v) is 14.5. The number of hydrogen-bond acceptors (Lipinski definition) is 2. The van der Waals surface area contributed by atoms with Gasteiger partial charge in [0, 0.05) is 33.8 Å². The molecule has 1 spiro atoms. The summed E-state index contributed by atoms with van der Waals surface area (Å²) in [6.45, 7) is 0. The second kappa shape index (κ2) is 12.7. The molecule has 0 bridgehead atoms. The van der Waals surface area contributed by atoms with Crippen LogP contribution in [-0.2, 0) is 5.41 Å². The average Bonchev–Trinajstić information content (AvgIpc) is 3.90. The molecule has 0 radical (unpaired) electrons. The summed E-state index contributed by atoms with van der Waals surface area (Å²) in [6.07, 6.45) is 0. The zero-order chi connectivity index (χ0) is 37.2. The predicted octanol–water partition coefficient (Wildman–Crippen LogP) is 14.2. The van der Waals surface area contributed by atoms with Crippen molar-refractivity contribution in [3.05, 3.63) is 235 Å². The van der Waals surface area contributed by atoms with E-state index in [1.54, 1.807) is 0 Å². The molecule has 11 rings (SSSR count). The van der Waals surface area contributed by atoms with Crippen LogP contribution >= 0.6 is 0 Å². The minimum Gasteiger partial charge on any atom is -0.458 e. The molecule has 0 amide bonds. The van der Waals surface area contributed by atoms with Crippen molar-refractivity contribution in [2.45, 2.75) is 5.41 Å². The molecule has 0 atom stereocenters. The first-order valence-corrected chi connectivity index (χ1v) is 19.0. The summed E-state index contributed by atoms with van der Waals surface area (Å²) in [5.74, 6) is 1.54. The molecule has 1 heterocycles. The van der Waals surface area contributed by atoms with Crippen LogP contribution in [0.3, 0.4) is 0 Å². The van der Waals surface area contributed by atoms with Gasteiger partial charge in [0.05, 0.1) is 0 Å². The van der Waals surface area contributed by atoms with Gasteiger partial charge in [0.1, 0.15) is 22.8 Å². The molecule has 2 aliphatic carbocycles. The largest absolute Gasteiger partial charge is 0.458 e. The maximum atomic E-state index is 14.2. The molecule has 9 aromatic rings. The van der Waals surface area contributed by atoms with Crippen molar-refractivity contribution in [3.63, 3.8) is 0 Å². The molecule has 0 N–H and O–H groups in total. The molecule has 3 heteroatoms. The first-order chi connectivity index (χ1) is 27.7. The second-order valence-electron chi connectivity index (χ2n) is 14.5. The molecule has 2 nitrogen and oxygen atoms in total. The third kappa shape index (κ3) is 4.74. The molecule has 2 aliphatic rings. The number of halogens is 1. The van der Waals surface area contributed by atoms with Gasteiger partial charge in [-0.25, -0.2) is 4.39 Å². The Morgan fingerprint density at radius 1 is 0.357 bits per heavy atom. The maximum Gasteiger partial charge on any atom is 0.142 e. The minimum absolute atomic E-state index is 0.267. The molecule has 264 valence electrons. The number of anilines is 3. The van der Waals surface area contributed by atoms with Gasteiger partial charge in [-0.2, -0.15) is 0 Å². The van der Waals surface area contributed by atoms with E-state index >= 15 is 0 Å². The van der Waals surface area contributed by atoms with Gasteiger partial charge >= 0.3 is 0 Å². The summed E-state index contributed by atoms with van der Waals surface area (Å²) in [6, 6.07) is 71.2. The van der Waals surface area contributed by atoms with E-state index in [4.69, 9.17) is 4.42 Å². The Balaban J connectivity index is 1.11. The maximum absolute atomic E-state index is 14.2. The van der Waals surface area contributed by atoms with Crippen LogP contribution in [0.4, 0.5) is 21.5 Å². The van der Waals surface area contributed by atoms with Gasteiger partial charge in [-0.3, -0.25) is 0 Å². The zero-order valence-corrected chi connectivity index (χ0v) is 30.4. The molecule has 56 heavy (non-hydrogen) atoms. The van der Waals surface area contributed by atoms with E-state index in [0.717, 1.165) is 62.0 Å². The standard InChI is InChI=1S/C53H34FNO/c54-39-27-33-42(34-28-39)55(40-29-23-36(24-30-40)35-13-3-1-4-14-35)41-31-25-37(26-32-41)49-50-45-19-9-12-22-48(45)53(52(50)56-51(49)38-15-5-2-6-16-38)46-20-10-7-17-43(46)44-18-8-11-21-47(44)53/h1-34H. The van der Waals surface area contributed by atoms with Crippen LogP contribution in [0.15, 0.2) is 211 Å². The van der Waals surface area contributed by atoms with Crippen molar-refractivity contribution >= 4 is 17.1 Å². The van der Waals surface area contributed by atoms with Crippen molar-refractivity contribution in [2.24, 2.45) is 0 Å². The SMILES string of the molecule is Fc1ccc(N(c2ccc(-c3ccccc3)cc2)c2ccc(-c3c(-c4ccccc4)oc4c3-c3ccccc3C43c4ccccc4-c4ccccc43)cc2)cc1. The smallest absolute Gasteiger partial charge is 0.142 e. The Hall–Kier alpha value is -7.23. The summed E-state index contributed by atoms with van der Waals surface area (Å²) < 4.78 is 21.6. The van der Waals surface area contributed by atoms with Crippen molar-refractivity contribution in [2.75, 3.05) is 4.90 Å². The van der Waals surface area contributed by atoms with Crippen molar-refractivity contribution in [3.8, 4) is 55.8 Å². The van der Waals surface area contributed by atoms with E-state index in [1.807, 2.05) is 24.3 Å². The molecular formula is C53H34FNO. The summed E-state index contributed by atoms with van der Waals surface area (Å²) >= 11 is 0. The normalized spacial score (nSPS) is 12.9. The predicted molar refractivity (Wildman–Crippen MR) is 226 cm³/mol. The van der Waals surface area contributed by atoms with Gasteiger partial charge in [-0.1, -0.05) is 158 Å². The quantitative estimate of drug-likeness (QED) is 0.170. The third-order valence-electron chi connectivity index (χ3n) is 11.6. The fourth-order valence-electron chi connectivity index (χ4n) is 9.19. The van der Waals surface area contributed by atoms with E-state index in [-0.39, 0.29) is 5.82 Å². The highest BCUT2D eigenvalue weighted by Gasteiger charge is 2.55. The van der Waals surface area contributed by atoms with Crippen LogP contribution in [-0.4, -0.2) is 0 Å². The van der Waals surface area contributed by atoms with Crippen LogP contribution in [0.2, 0.25) is 0 Å². The monoisotopic (exact) mass is 719 g/mol. The zero-order valence-electron chi connectivity index (χ0n) is 30.4. The highest BCUT2D eigenvalue weighted by Crippen LogP contribution is 2.66. The Bertz CT molecular complexity index is 2850. The number of benzene rings is 8. The fraction of sp³-hybridized carbons (Fsp3) is 0.0189. The summed E-state index contributed by atoms with van der Waals surface area (Å²) in [4.78, 5) is 2.17. The highest BCUT2D eigenvalue weighted by molar-refractivity contribution is 6.03. The Kier molecular flexibility index (Phi) is 7.30. The lowest BCUT2D eigenvalue weighted by atomic mass is 9.73. The lowest BCUT2D eigenvalue weighted by molar-refractivity contribution is 0.485. The van der Waals surface area contributed by atoms with Gasteiger partial charge in [-0.15, -0.1) is 0 Å². The molecular weight excluding hydrogens is 686 g/mol. The van der Waals surface area contributed by atoms with Crippen LogP contribution < -0.4 is 4.90 Å². The molecule has 0 aliphatic heterocycles. The topological polar surface area (TPSA) is 16.4 Å². The van der Waals surface area contributed by atoms with E-state index in [9.17, 15) is 4.39 Å². The number of furan rings is 1. The molecule has 0 saturated heterocycles. The van der Waals surface area contributed by atoms with Crippen molar-refractivity contribution < 1.29 is 8.81 Å². The van der Waals surface area contributed by atoms with Gasteiger partial charge in [0.25, 0.3) is 0 Å². The first-order valence-electron chi connectivity index (χ1n) is 19.0. The van der Waals surface area contributed by atoms with Gasteiger partial charge in [0.2, 0.25) is 0 Å². The summed E-state index contributed by atoms with van der Waals surface area (Å²) in [5.41, 5.74) is 16.2. The first kappa shape index (κ1) is 32.2. The van der Waals surface area contributed by atoms with Crippen LogP contribution in [0.5, 0.6) is 0 Å². The number of rotatable bonds is 6. The Labute approximate surface area is 325 Å². The Morgan fingerprint density at radius 3 is 1.32 bits per heavy atom. The lowest BCUT2D eigenvalue weighted by Crippen LogP contribution is -2.25. The summed E-state index contributed by atoms with van der Waals surface area (Å²) in [5, 5.41) is 0. The third-order valence-corrected chi connectivity index (χ3v) is 11.6. The fourth-order valence-corrected chi connectivity index (χ4v) is 9.19. The Morgan fingerprint density at radius 2 is 0.768 bits per heavy atom. The average molecular weight is 720 g/mol. The number of fused-ring (bicyclic) bond motifs is 10.